The van der Waals surface area contributed by atoms with Crippen LogP contribution in [-0.4, -0.2) is 61.5 Å². The molecule has 3 unspecified atom stereocenters. The fourth-order valence-electron chi connectivity index (χ4n) is 7.25. The number of halogens is 2. The first-order chi connectivity index (χ1) is 24.1. The van der Waals surface area contributed by atoms with Gasteiger partial charge in [0.2, 0.25) is 12.4 Å². The number of carboxylic acids is 1. The fraction of sp³-hybridized carbons (Fsp3) is 0.378. The van der Waals surface area contributed by atoms with Gasteiger partial charge in [-0.05, 0) is 74.0 Å². The van der Waals surface area contributed by atoms with Gasteiger partial charge in [0.25, 0.3) is 0 Å². The van der Waals surface area contributed by atoms with E-state index in [0.29, 0.717) is 45.2 Å². The number of rotatable bonds is 13. The molecule has 0 saturated carbocycles. The molecule has 0 amide bonds. The Bertz CT molecular complexity index is 1820. The minimum Gasteiger partial charge on any atom is -0.544 e. The minimum atomic E-state index is -1.34. The molecule has 13 heteroatoms. The Morgan fingerprint density at radius 1 is 1.00 bits per heavy atom. The highest BCUT2D eigenvalue weighted by atomic mass is 35.5. The van der Waals surface area contributed by atoms with Crippen molar-refractivity contribution in [2.45, 2.75) is 68.8 Å². The maximum absolute atomic E-state index is 13.8. The molecular formula is C37H39Cl2N3O7S. The molecule has 50 heavy (non-hydrogen) atoms. The zero-order chi connectivity index (χ0) is 35.5. The van der Waals surface area contributed by atoms with Crippen molar-refractivity contribution in [2.24, 2.45) is 0 Å². The van der Waals surface area contributed by atoms with E-state index in [9.17, 15) is 19.9 Å². The molecule has 4 aromatic rings. The van der Waals surface area contributed by atoms with Gasteiger partial charge in [0, 0.05) is 39.7 Å². The third-order valence-electron chi connectivity index (χ3n) is 9.85. The van der Waals surface area contributed by atoms with Crippen molar-refractivity contribution in [1.29, 1.82) is 0 Å². The number of methoxy groups -OCH3 is 2. The monoisotopic (exact) mass is 739 g/mol. The summed E-state index contributed by atoms with van der Waals surface area (Å²) in [6.07, 6.45) is 6.53. The van der Waals surface area contributed by atoms with Crippen LogP contribution in [0.2, 0.25) is 10.0 Å². The van der Waals surface area contributed by atoms with Crippen LogP contribution in [0.15, 0.2) is 67.0 Å². The van der Waals surface area contributed by atoms with E-state index in [4.69, 9.17) is 37.4 Å². The van der Waals surface area contributed by atoms with Crippen molar-refractivity contribution >= 4 is 46.5 Å². The highest BCUT2D eigenvalue weighted by molar-refractivity contribution is 7.14. The number of piperidine rings is 1. The first-order valence-corrected chi connectivity index (χ1v) is 18.0. The zero-order valence-corrected chi connectivity index (χ0v) is 30.3. The number of carboxylic acid groups (broad SMARTS) is 1. The number of aromatic carboxylic acids is 1. The Hall–Kier alpha value is -3.87. The lowest BCUT2D eigenvalue weighted by Gasteiger charge is -2.36. The molecule has 2 aromatic heterocycles. The maximum Gasteiger partial charge on any atom is 0.328 e. The third kappa shape index (κ3) is 7.72. The molecule has 10 nitrogen and oxygen atoms in total. The Labute approximate surface area is 305 Å². The lowest BCUT2D eigenvalue weighted by atomic mass is 9.85. The summed E-state index contributed by atoms with van der Waals surface area (Å²) >= 11 is 14.2. The van der Waals surface area contributed by atoms with Crippen LogP contribution in [0.4, 0.5) is 0 Å². The van der Waals surface area contributed by atoms with E-state index in [1.807, 2.05) is 42.5 Å². The van der Waals surface area contributed by atoms with E-state index in [-0.39, 0.29) is 40.0 Å². The van der Waals surface area contributed by atoms with Crippen LogP contribution in [0.5, 0.6) is 11.5 Å². The van der Waals surface area contributed by atoms with Crippen molar-refractivity contribution in [2.75, 3.05) is 21.3 Å². The molecule has 0 spiro atoms. The molecule has 2 saturated heterocycles. The van der Waals surface area contributed by atoms with Gasteiger partial charge in [0.1, 0.15) is 22.2 Å². The van der Waals surface area contributed by atoms with Crippen LogP contribution >= 0.6 is 34.5 Å². The van der Waals surface area contributed by atoms with Gasteiger partial charge in [-0.15, -0.1) is 11.3 Å². The molecule has 4 heterocycles. The number of hydrogen-bond donors (Lipinski definition) is 2. The Morgan fingerprint density at radius 3 is 2.28 bits per heavy atom. The smallest absolute Gasteiger partial charge is 0.328 e. The van der Waals surface area contributed by atoms with E-state index in [0.717, 1.165) is 47.3 Å². The fourth-order valence-corrected chi connectivity index (χ4v) is 8.87. The quantitative estimate of drug-likeness (QED) is 0.106. The van der Waals surface area contributed by atoms with Crippen LogP contribution in [0.3, 0.4) is 0 Å². The number of ether oxygens (including phenoxy) is 3. The first kappa shape index (κ1) is 35.9. The molecule has 2 fully saturated rings. The third-order valence-corrected chi connectivity index (χ3v) is 11.6. The molecule has 2 aromatic carbocycles. The Morgan fingerprint density at radius 2 is 1.66 bits per heavy atom. The highest BCUT2D eigenvalue weighted by Crippen LogP contribution is 2.41. The number of carbonyl (C=O) groups excluding carboxylic acids is 2. The molecule has 4 atom stereocenters. The predicted molar refractivity (Wildman–Crippen MR) is 187 cm³/mol. The number of carbonyl (C=O) groups is 2. The second-order valence-electron chi connectivity index (χ2n) is 12.8. The van der Waals surface area contributed by atoms with E-state index in [1.165, 1.54) is 26.6 Å². The summed E-state index contributed by atoms with van der Waals surface area (Å²) in [5.41, 5.74) is 2.46. The molecule has 2 bridgehead atoms. The topological polar surface area (TPSA) is 124 Å². The van der Waals surface area contributed by atoms with Crippen molar-refractivity contribution in [3.8, 4) is 11.5 Å². The van der Waals surface area contributed by atoms with Crippen molar-refractivity contribution < 1.29 is 38.8 Å². The minimum absolute atomic E-state index is 0.0302. The van der Waals surface area contributed by atoms with Crippen LogP contribution in [0, 0.1) is 0 Å². The summed E-state index contributed by atoms with van der Waals surface area (Å²) in [6, 6.07) is 16.6. The van der Waals surface area contributed by atoms with E-state index in [2.05, 4.69) is 17.3 Å². The number of hydrogen-bond acceptors (Lipinski definition) is 10. The van der Waals surface area contributed by atoms with E-state index >= 15 is 0 Å². The number of pyridine rings is 1. The van der Waals surface area contributed by atoms with Gasteiger partial charge in [-0.1, -0.05) is 59.6 Å². The summed E-state index contributed by atoms with van der Waals surface area (Å²) < 4.78 is 17.9. The number of fused-ring (bicyclic) bond motifs is 2. The first-order valence-electron chi connectivity index (χ1n) is 16.4. The van der Waals surface area contributed by atoms with Crippen LogP contribution in [0.1, 0.15) is 74.4 Å². The lowest BCUT2D eigenvalue weighted by Crippen LogP contribution is -2.44. The number of nitrogens with one attached hydrogen (secondary N) is 1. The largest absolute Gasteiger partial charge is 0.544 e. The summed E-state index contributed by atoms with van der Waals surface area (Å²) in [4.78, 5) is 29.5. The van der Waals surface area contributed by atoms with Gasteiger partial charge in [0.05, 0.1) is 25.1 Å². The molecule has 264 valence electrons. The molecule has 2 aliphatic heterocycles. The predicted octanol–water partition coefficient (Wildman–Crippen LogP) is 5.33. The summed E-state index contributed by atoms with van der Waals surface area (Å²) in [5, 5.41) is 26.4. The van der Waals surface area contributed by atoms with E-state index < -0.39 is 17.9 Å². The number of nitrogens with zero attached hydrogens (tertiary/aromatic N) is 2. The number of aromatic nitrogens is 1. The van der Waals surface area contributed by atoms with Crippen LogP contribution in [0.25, 0.3) is 0 Å². The second kappa shape index (κ2) is 15.6. The lowest BCUT2D eigenvalue weighted by molar-refractivity contribution is -0.904. The normalized spacial score (nSPS) is 19.9. The standard InChI is InChI=1S/C37H39Cl2N3O7S/c1-41-23-10-11-24(41)15-25(14-23)49-37(45)34(21-7-5-4-6-8-21)40-18-26-16-28(35(50-26)36(43)44)27(17-29-30(38)19-42(46)20-31(29)39)22-9-12-32(47-2)33(13-22)48-3/h4-9,12-13,16,19-20,23-25,27,34,40H,10-11,14-15,17-18H2,1-3H3,(H-,43,44,46)/t23?,24?,25?,27-,34?/m0/s1. The van der Waals surface area contributed by atoms with Crippen molar-refractivity contribution in [3.05, 3.63) is 109 Å². The Kier molecular flexibility index (Phi) is 11.2. The van der Waals surface area contributed by atoms with Crippen molar-refractivity contribution in [3.63, 3.8) is 0 Å². The SMILES string of the molecule is COc1ccc([C@H](Cc2c(Cl)c[n+](O)cc2Cl)c2cc(CNC(C(=O)OC3CC4CCC(C3)N4C)c3ccccc3)sc2C(=O)[O-])cc1OC. The highest BCUT2D eigenvalue weighted by Gasteiger charge is 2.40. The summed E-state index contributed by atoms with van der Waals surface area (Å²) in [6.45, 7) is 0.189. The second-order valence-corrected chi connectivity index (χ2v) is 14.7. The Balaban J connectivity index is 1.31. The zero-order valence-electron chi connectivity index (χ0n) is 27.9. The van der Waals surface area contributed by atoms with Gasteiger partial charge < -0.3 is 29.0 Å². The van der Waals surface area contributed by atoms with Crippen LogP contribution in [-0.2, 0) is 22.5 Å². The molecule has 0 radical (unpaired) electrons. The average molecular weight is 741 g/mol. The van der Waals surface area contributed by atoms with E-state index in [1.54, 1.807) is 12.1 Å². The molecule has 2 aliphatic rings. The summed E-state index contributed by atoms with van der Waals surface area (Å²) in [7, 11) is 5.20. The molecule has 0 aliphatic carbocycles. The van der Waals surface area contributed by atoms with Gasteiger partial charge in [-0.3, -0.25) is 10.5 Å². The maximum atomic E-state index is 13.8. The molecule has 6 rings (SSSR count). The number of benzene rings is 2. The van der Waals surface area contributed by atoms with Gasteiger partial charge >= 0.3 is 5.97 Å². The van der Waals surface area contributed by atoms with Gasteiger partial charge in [-0.25, -0.2) is 4.79 Å². The van der Waals surface area contributed by atoms with Gasteiger partial charge in [-0.2, -0.15) is 0 Å². The average Bonchev–Trinajstić information content (AvgIpc) is 3.60. The molecular weight excluding hydrogens is 701 g/mol. The van der Waals surface area contributed by atoms with Gasteiger partial charge in [0.15, 0.2) is 11.5 Å². The summed E-state index contributed by atoms with van der Waals surface area (Å²) in [5.74, 6) is -1.31. The molecule has 2 N–H and O–H groups in total. The number of esters is 1. The number of thiophene rings is 1. The van der Waals surface area contributed by atoms with Crippen LogP contribution < -0.4 is 24.6 Å². The van der Waals surface area contributed by atoms with Crippen molar-refractivity contribution in [1.82, 2.24) is 10.2 Å².